The van der Waals surface area contributed by atoms with Crippen LogP contribution in [0.15, 0.2) is 109 Å². The van der Waals surface area contributed by atoms with Gasteiger partial charge in [-0.3, -0.25) is 14.4 Å². The minimum Gasteiger partial charge on any atom is -0.462 e. The van der Waals surface area contributed by atoms with Crippen molar-refractivity contribution in [3.63, 3.8) is 0 Å². The molecule has 0 saturated carbocycles. The van der Waals surface area contributed by atoms with Crippen molar-refractivity contribution >= 4 is 17.9 Å². The van der Waals surface area contributed by atoms with Gasteiger partial charge < -0.3 is 14.2 Å². The highest BCUT2D eigenvalue weighted by Gasteiger charge is 2.19. The summed E-state index contributed by atoms with van der Waals surface area (Å²) in [6, 6.07) is 0. The van der Waals surface area contributed by atoms with Gasteiger partial charge in [0.15, 0.2) is 6.10 Å². The average Bonchev–Trinajstić information content (AvgIpc) is 3.29. The fourth-order valence-corrected chi connectivity index (χ4v) is 6.64. The number of esters is 3. The Balaban J connectivity index is 4.53. The van der Waals surface area contributed by atoms with Gasteiger partial charge in [-0.05, 0) is 103 Å². The van der Waals surface area contributed by atoms with E-state index in [1.807, 2.05) is 6.08 Å². The number of carbonyl (C=O) groups is 3. The second-order valence-electron chi connectivity index (χ2n) is 16.7. The molecule has 0 aliphatic heterocycles. The summed E-state index contributed by atoms with van der Waals surface area (Å²) >= 11 is 0. The minimum atomic E-state index is -0.843. The van der Waals surface area contributed by atoms with E-state index in [-0.39, 0.29) is 31.6 Å². The summed E-state index contributed by atoms with van der Waals surface area (Å²) < 4.78 is 16.7. The van der Waals surface area contributed by atoms with E-state index >= 15 is 0 Å². The molecule has 0 saturated heterocycles. The molecule has 1 unspecified atom stereocenters. The molecule has 0 aromatic rings. The summed E-state index contributed by atoms with van der Waals surface area (Å²) in [6.45, 7) is 6.32. The molecule has 0 heterocycles. The van der Waals surface area contributed by atoms with Crippen molar-refractivity contribution in [1.82, 2.24) is 0 Å². The number of hydrogen-bond acceptors (Lipinski definition) is 6. The molecular weight excluding hydrogens is 793 g/mol. The zero-order valence-corrected chi connectivity index (χ0v) is 41.3. The van der Waals surface area contributed by atoms with E-state index in [0.717, 1.165) is 109 Å². The number of ether oxygens (including phenoxy) is 3. The van der Waals surface area contributed by atoms with Crippen LogP contribution in [0, 0.1) is 0 Å². The van der Waals surface area contributed by atoms with Crippen LogP contribution in [0.2, 0.25) is 0 Å². The second-order valence-corrected chi connectivity index (χ2v) is 16.7. The number of allylic oxidation sites excluding steroid dienone is 17. The van der Waals surface area contributed by atoms with E-state index in [1.165, 1.54) is 64.2 Å². The maximum Gasteiger partial charge on any atom is 0.310 e. The van der Waals surface area contributed by atoms with E-state index in [9.17, 15) is 14.4 Å². The third-order valence-corrected chi connectivity index (χ3v) is 10.5. The van der Waals surface area contributed by atoms with Crippen LogP contribution in [0.25, 0.3) is 0 Å². The Hall–Kier alpha value is -3.93. The molecule has 1 atom stereocenters. The van der Waals surface area contributed by atoms with E-state index in [1.54, 1.807) is 6.08 Å². The molecule has 0 aromatic heterocycles. The van der Waals surface area contributed by atoms with E-state index in [2.05, 4.69) is 118 Å². The normalized spacial score (nSPS) is 13.0. The standard InChI is InChI=1S/C58H94O6/c1-4-7-10-13-16-19-22-25-27-28-29-31-33-36-39-42-45-48-51-57(60)63-54-55(53-62-56(59)50-47-44-41-38-35-32-24-21-18-15-12-9-6-3)64-58(61)52-49-46-43-40-37-34-30-26-23-20-17-14-11-8-5-2/h8,11-12,15,17,19-22,24,26-28,30,37,40,46,49,55H,4-7,9-10,13-14,16,18,23,25,29,31-36,38-39,41-45,47-48,50-54H2,1-3H3/b11-8-,15-12-,20-17-,22-19-,24-21-,28-27-,30-26-,40-37-,49-46-. The van der Waals surface area contributed by atoms with Gasteiger partial charge in [-0.15, -0.1) is 0 Å². The van der Waals surface area contributed by atoms with Crippen molar-refractivity contribution in [2.75, 3.05) is 13.2 Å². The molecule has 0 bridgehead atoms. The topological polar surface area (TPSA) is 78.9 Å². The van der Waals surface area contributed by atoms with Crippen molar-refractivity contribution < 1.29 is 28.6 Å². The molecule has 0 aliphatic rings. The third-order valence-electron chi connectivity index (χ3n) is 10.5. The molecule has 64 heavy (non-hydrogen) atoms. The van der Waals surface area contributed by atoms with Crippen LogP contribution in [0.1, 0.15) is 220 Å². The zero-order chi connectivity index (χ0) is 46.5. The molecule has 0 radical (unpaired) electrons. The zero-order valence-electron chi connectivity index (χ0n) is 41.3. The first kappa shape index (κ1) is 60.1. The fraction of sp³-hybridized carbons (Fsp3) is 0.638. The Morgan fingerprint density at radius 2 is 0.688 bits per heavy atom. The van der Waals surface area contributed by atoms with Crippen molar-refractivity contribution in [2.24, 2.45) is 0 Å². The van der Waals surface area contributed by atoms with Gasteiger partial charge in [0.2, 0.25) is 0 Å². The molecule has 0 aromatic carbocycles. The summed E-state index contributed by atoms with van der Waals surface area (Å²) in [7, 11) is 0. The number of unbranched alkanes of at least 4 members (excludes halogenated alkanes) is 17. The first-order chi connectivity index (χ1) is 31.5. The van der Waals surface area contributed by atoms with E-state index in [4.69, 9.17) is 14.2 Å². The maximum absolute atomic E-state index is 12.7. The van der Waals surface area contributed by atoms with E-state index < -0.39 is 12.1 Å². The lowest BCUT2D eigenvalue weighted by Crippen LogP contribution is -2.30. The lowest BCUT2D eigenvalue weighted by molar-refractivity contribution is -0.166. The van der Waals surface area contributed by atoms with Crippen molar-refractivity contribution in [3.8, 4) is 0 Å². The van der Waals surface area contributed by atoms with Gasteiger partial charge in [0.25, 0.3) is 0 Å². The van der Waals surface area contributed by atoms with Crippen LogP contribution in [-0.4, -0.2) is 37.2 Å². The molecular formula is C58H94O6. The van der Waals surface area contributed by atoms with Crippen molar-refractivity contribution in [1.29, 1.82) is 0 Å². The Kier molecular flexibility index (Phi) is 48.5. The Morgan fingerprint density at radius 1 is 0.344 bits per heavy atom. The Bertz CT molecular complexity index is 1340. The maximum atomic E-state index is 12.7. The largest absolute Gasteiger partial charge is 0.462 e. The smallest absolute Gasteiger partial charge is 0.310 e. The molecule has 0 amide bonds. The van der Waals surface area contributed by atoms with Crippen molar-refractivity contribution in [2.45, 2.75) is 226 Å². The molecule has 0 spiro atoms. The summed E-state index contributed by atoms with van der Waals surface area (Å²) in [5.74, 6) is -1.09. The van der Waals surface area contributed by atoms with Crippen LogP contribution in [0.4, 0.5) is 0 Å². The molecule has 362 valence electrons. The predicted molar refractivity (Wildman–Crippen MR) is 274 cm³/mol. The van der Waals surface area contributed by atoms with E-state index in [0.29, 0.717) is 19.3 Å². The Labute approximate surface area is 393 Å². The lowest BCUT2D eigenvalue weighted by atomic mass is 10.1. The summed E-state index contributed by atoms with van der Waals surface area (Å²) in [4.78, 5) is 37.9. The number of hydrogen-bond donors (Lipinski definition) is 0. The van der Waals surface area contributed by atoms with Crippen LogP contribution in [0.3, 0.4) is 0 Å². The van der Waals surface area contributed by atoms with Crippen LogP contribution in [-0.2, 0) is 28.6 Å². The summed E-state index contributed by atoms with van der Waals surface area (Å²) in [6.07, 6.45) is 69.5. The highest BCUT2D eigenvalue weighted by Crippen LogP contribution is 2.13. The quantitative estimate of drug-likeness (QED) is 0.0262. The molecule has 0 fully saturated rings. The average molecular weight is 887 g/mol. The first-order valence-corrected chi connectivity index (χ1v) is 25.9. The molecule has 0 aliphatic carbocycles. The lowest BCUT2D eigenvalue weighted by Gasteiger charge is -2.18. The second kappa shape index (κ2) is 51.7. The monoisotopic (exact) mass is 887 g/mol. The highest BCUT2D eigenvalue weighted by molar-refractivity contribution is 5.72. The molecule has 6 nitrogen and oxygen atoms in total. The third kappa shape index (κ3) is 49.1. The molecule has 0 rings (SSSR count). The van der Waals surface area contributed by atoms with Crippen LogP contribution < -0.4 is 0 Å². The first-order valence-electron chi connectivity index (χ1n) is 25.9. The van der Waals surface area contributed by atoms with Crippen LogP contribution in [0.5, 0.6) is 0 Å². The molecule has 0 N–H and O–H groups in total. The van der Waals surface area contributed by atoms with Gasteiger partial charge in [0, 0.05) is 12.8 Å². The summed E-state index contributed by atoms with van der Waals surface area (Å²) in [5.41, 5.74) is 0. The number of carbonyl (C=O) groups excluding carboxylic acids is 3. The SMILES string of the molecule is CC/C=C\C/C=C\C/C=C\C/C=C\C/C=C\CC(=O)OC(COC(=O)CCCCCCC/C=C\C/C=C\CCC)COC(=O)CCCCCCCCC/C=C\C/C=C\CCCCCC. The van der Waals surface area contributed by atoms with Gasteiger partial charge in [-0.2, -0.15) is 0 Å². The van der Waals surface area contributed by atoms with Gasteiger partial charge in [-0.25, -0.2) is 0 Å². The summed E-state index contributed by atoms with van der Waals surface area (Å²) in [5, 5.41) is 0. The van der Waals surface area contributed by atoms with Gasteiger partial charge in [0.1, 0.15) is 13.2 Å². The van der Waals surface area contributed by atoms with Gasteiger partial charge in [0.05, 0.1) is 6.42 Å². The highest BCUT2D eigenvalue weighted by atomic mass is 16.6. The van der Waals surface area contributed by atoms with Gasteiger partial charge in [-0.1, -0.05) is 207 Å². The van der Waals surface area contributed by atoms with Crippen molar-refractivity contribution in [3.05, 3.63) is 109 Å². The minimum absolute atomic E-state index is 0.0886. The van der Waals surface area contributed by atoms with Gasteiger partial charge >= 0.3 is 17.9 Å². The predicted octanol–water partition coefficient (Wildman–Crippen LogP) is 17.1. The molecule has 6 heteroatoms. The fourth-order valence-electron chi connectivity index (χ4n) is 6.64. The van der Waals surface area contributed by atoms with Crippen LogP contribution >= 0.6 is 0 Å². The Morgan fingerprint density at radius 3 is 1.09 bits per heavy atom. The number of rotatable bonds is 45.